The summed E-state index contributed by atoms with van der Waals surface area (Å²) < 4.78 is 7.16. The Morgan fingerprint density at radius 1 is 1.38 bits per heavy atom. The molecule has 0 aromatic carbocycles. The van der Waals surface area contributed by atoms with Crippen LogP contribution in [0.5, 0.6) is 0 Å². The van der Waals surface area contributed by atoms with Crippen molar-refractivity contribution in [1.82, 2.24) is 24.5 Å². The number of amides is 1. The average molecular weight is 325 g/mol. The van der Waals surface area contributed by atoms with Crippen LogP contribution < -0.4 is 0 Å². The quantitative estimate of drug-likeness (QED) is 0.724. The van der Waals surface area contributed by atoms with E-state index in [2.05, 4.69) is 22.0 Å². The second-order valence-corrected chi connectivity index (χ2v) is 6.39. The summed E-state index contributed by atoms with van der Waals surface area (Å²) in [4.78, 5) is 23.3. The predicted molar refractivity (Wildman–Crippen MR) is 86.4 cm³/mol. The number of hydrogen-bond donors (Lipinski definition) is 0. The largest absolute Gasteiger partial charge is 0.467 e. The first-order valence-corrected chi connectivity index (χ1v) is 8.16. The number of nitrogens with zero attached hydrogens (tertiary/aromatic N) is 5. The zero-order valence-corrected chi connectivity index (χ0v) is 13.7. The van der Waals surface area contributed by atoms with Crippen LogP contribution in [0.2, 0.25) is 0 Å². The molecular weight excluding hydrogens is 306 g/mol. The van der Waals surface area contributed by atoms with E-state index < -0.39 is 0 Å². The molecule has 4 heterocycles. The molecule has 0 N–H and O–H groups in total. The molecule has 2 atom stereocenters. The molecule has 0 saturated carbocycles. The van der Waals surface area contributed by atoms with Crippen LogP contribution in [0.1, 0.15) is 47.9 Å². The molecule has 1 aliphatic heterocycles. The lowest BCUT2D eigenvalue weighted by Gasteiger charge is -2.36. The van der Waals surface area contributed by atoms with Crippen molar-refractivity contribution in [2.24, 2.45) is 5.92 Å². The number of aryl methyl sites for hydroxylation is 1. The second-order valence-electron chi connectivity index (χ2n) is 6.39. The molecule has 3 aromatic rings. The van der Waals surface area contributed by atoms with Crippen LogP contribution in [-0.4, -0.2) is 36.9 Å². The zero-order chi connectivity index (χ0) is 16.7. The van der Waals surface area contributed by atoms with Gasteiger partial charge in [-0.1, -0.05) is 6.92 Å². The minimum Gasteiger partial charge on any atom is -0.467 e. The van der Waals surface area contributed by atoms with Crippen molar-refractivity contribution in [1.29, 1.82) is 0 Å². The Balaban J connectivity index is 1.69. The number of hydrogen-bond acceptors (Lipinski definition) is 5. The fraction of sp³-hybridized carbons (Fsp3) is 0.412. The maximum absolute atomic E-state index is 13.0. The lowest BCUT2D eigenvalue weighted by Crippen LogP contribution is -2.41. The summed E-state index contributed by atoms with van der Waals surface area (Å²) >= 11 is 0. The predicted octanol–water partition coefficient (Wildman–Crippen LogP) is 2.64. The topological polar surface area (TPSA) is 76.5 Å². The molecule has 1 fully saturated rings. The Hall–Kier alpha value is -2.70. The first kappa shape index (κ1) is 14.9. The van der Waals surface area contributed by atoms with Gasteiger partial charge in [-0.3, -0.25) is 4.79 Å². The van der Waals surface area contributed by atoms with Gasteiger partial charge in [-0.15, -0.1) is 5.10 Å². The first-order chi connectivity index (χ1) is 11.6. The molecule has 7 heteroatoms. The van der Waals surface area contributed by atoms with E-state index in [1.165, 1.54) is 0 Å². The average Bonchev–Trinajstić information content (AvgIpc) is 3.24. The van der Waals surface area contributed by atoms with Gasteiger partial charge in [0.2, 0.25) is 5.82 Å². The molecule has 1 amide bonds. The first-order valence-electron chi connectivity index (χ1n) is 8.16. The minimum atomic E-state index is -0.173. The molecule has 1 saturated heterocycles. The molecule has 1 aliphatic rings. The number of carbonyl (C=O) groups is 1. The van der Waals surface area contributed by atoms with Gasteiger partial charge in [0, 0.05) is 18.4 Å². The van der Waals surface area contributed by atoms with Crippen LogP contribution >= 0.6 is 0 Å². The van der Waals surface area contributed by atoms with E-state index in [-0.39, 0.29) is 17.8 Å². The van der Waals surface area contributed by atoms with Crippen LogP contribution in [0, 0.1) is 12.8 Å². The van der Waals surface area contributed by atoms with E-state index in [0.717, 1.165) is 24.3 Å². The molecule has 3 aromatic heterocycles. The molecule has 4 rings (SSSR count). The van der Waals surface area contributed by atoms with Gasteiger partial charge in [-0.25, -0.2) is 9.50 Å². The Morgan fingerprint density at radius 2 is 2.25 bits per heavy atom. The molecule has 24 heavy (non-hydrogen) atoms. The van der Waals surface area contributed by atoms with Crippen molar-refractivity contribution in [3.05, 3.63) is 47.9 Å². The normalized spacial score (nSPS) is 21.3. The van der Waals surface area contributed by atoms with Crippen molar-refractivity contribution in [3.63, 3.8) is 0 Å². The van der Waals surface area contributed by atoms with Gasteiger partial charge in [0.15, 0.2) is 0 Å². The second kappa shape index (κ2) is 5.74. The third-order valence-corrected chi connectivity index (χ3v) is 4.62. The highest BCUT2D eigenvalue weighted by molar-refractivity contribution is 5.91. The summed E-state index contributed by atoms with van der Waals surface area (Å²) in [5, 5.41) is 4.34. The Bertz CT molecular complexity index is 870. The molecule has 0 radical (unpaired) electrons. The maximum atomic E-state index is 13.0. The van der Waals surface area contributed by atoms with Gasteiger partial charge in [0.1, 0.15) is 5.76 Å². The van der Waals surface area contributed by atoms with Crippen molar-refractivity contribution in [2.45, 2.75) is 32.7 Å². The highest BCUT2D eigenvalue weighted by atomic mass is 16.3. The number of rotatable bonds is 2. The molecule has 0 spiro atoms. The summed E-state index contributed by atoms with van der Waals surface area (Å²) in [6.45, 7) is 4.79. The Kier molecular flexibility index (Phi) is 3.55. The van der Waals surface area contributed by atoms with Gasteiger partial charge in [0.05, 0.1) is 12.3 Å². The van der Waals surface area contributed by atoms with Crippen molar-refractivity contribution in [2.75, 3.05) is 6.54 Å². The summed E-state index contributed by atoms with van der Waals surface area (Å²) in [5.41, 5.74) is 0.890. The van der Waals surface area contributed by atoms with Crippen molar-refractivity contribution < 1.29 is 9.21 Å². The van der Waals surface area contributed by atoms with Crippen LogP contribution in [0.15, 0.2) is 35.1 Å². The fourth-order valence-electron chi connectivity index (χ4n) is 3.26. The van der Waals surface area contributed by atoms with Crippen LogP contribution in [0.4, 0.5) is 0 Å². The standard InChI is InChI=1S/C17H19N5O2/c1-11-6-8-21(13(10-11)14-4-3-9-24-14)16(23)15-19-17-18-7-5-12(2)22(17)20-15/h3-5,7,9,11,13H,6,8,10H2,1-2H3/t11-,13-/m1/s1. The third-order valence-electron chi connectivity index (χ3n) is 4.62. The van der Waals surface area contributed by atoms with Gasteiger partial charge in [-0.2, -0.15) is 4.98 Å². The van der Waals surface area contributed by atoms with E-state index >= 15 is 0 Å². The molecule has 0 bridgehead atoms. The van der Waals surface area contributed by atoms with Crippen LogP contribution in [0.3, 0.4) is 0 Å². The third kappa shape index (κ3) is 2.46. The van der Waals surface area contributed by atoms with Gasteiger partial charge in [-0.05, 0) is 43.9 Å². The van der Waals surface area contributed by atoms with Crippen LogP contribution in [-0.2, 0) is 0 Å². The molecule has 0 unspecified atom stereocenters. The van der Waals surface area contributed by atoms with Crippen molar-refractivity contribution >= 4 is 11.7 Å². The molecular formula is C17H19N5O2. The number of fused-ring (bicyclic) bond motifs is 1. The number of aromatic nitrogens is 4. The Morgan fingerprint density at radius 3 is 3.00 bits per heavy atom. The molecule has 7 nitrogen and oxygen atoms in total. The monoisotopic (exact) mass is 325 g/mol. The van der Waals surface area contributed by atoms with E-state index in [1.807, 2.05) is 30.0 Å². The number of furan rings is 1. The molecule has 0 aliphatic carbocycles. The van der Waals surface area contributed by atoms with E-state index in [4.69, 9.17) is 4.42 Å². The zero-order valence-electron chi connectivity index (χ0n) is 13.7. The van der Waals surface area contributed by atoms with E-state index in [0.29, 0.717) is 18.2 Å². The van der Waals surface area contributed by atoms with E-state index in [1.54, 1.807) is 17.0 Å². The fourth-order valence-corrected chi connectivity index (χ4v) is 3.26. The SMILES string of the molecule is Cc1ccnc2nc(C(=O)N3CC[C@@H](C)C[C@@H]3c3ccco3)nn12. The Labute approximate surface area is 139 Å². The van der Waals surface area contributed by atoms with Crippen molar-refractivity contribution in [3.8, 4) is 0 Å². The summed E-state index contributed by atoms with van der Waals surface area (Å²) in [5.74, 6) is 1.81. The van der Waals surface area contributed by atoms with Gasteiger partial charge >= 0.3 is 0 Å². The smallest absolute Gasteiger partial charge is 0.294 e. The van der Waals surface area contributed by atoms with Gasteiger partial charge < -0.3 is 9.32 Å². The lowest BCUT2D eigenvalue weighted by atomic mass is 9.91. The number of likely N-dealkylation sites (tertiary alicyclic amines) is 1. The number of piperidine rings is 1. The summed E-state index contributed by atoms with van der Waals surface area (Å²) in [6, 6.07) is 5.54. The van der Waals surface area contributed by atoms with Gasteiger partial charge in [0.25, 0.3) is 11.7 Å². The lowest BCUT2D eigenvalue weighted by molar-refractivity contribution is 0.0509. The minimum absolute atomic E-state index is 0.0723. The molecule has 124 valence electrons. The summed E-state index contributed by atoms with van der Waals surface area (Å²) in [7, 11) is 0. The highest BCUT2D eigenvalue weighted by Crippen LogP contribution is 2.34. The number of carbonyl (C=O) groups excluding carboxylic acids is 1. The van der Waals surface area contributed by atoms with Crippen LogP contribution in [0.25, 0.3) is 5.78 Å². The summed E-state index contributed by atoms with van der Waals surface area (Å²) in [6.07, 6.45) is 5.16. The maximum Gasteiger partial charge on any atom is 0.294 e. The highest BCUT2D eigenvalue weighted by Gasteiger charge is 2.34. The van der Waals surface area contributed by atoms with E-state index in [9.17, 15) is 4.79 Å².